The highest BCUT2D eigenvalue weighted by Crippen LogP contribution is 2.29. The quantitative estimate of drug-likeness (QED) is 0.792. The standard InChI is InChI=1S/C18H29N/c1-4-19-18(17-7-5-6-8-17)13-15-9-11-16(12-10-15)14(2)3/h9-12,14,17-19H,4-8,13H2,1-3H3. The maximum atomic E-state index is 3.71. The second-order valence-corrected chi connectivity index (χ2v) is 6.31. The molecule has 1 heteroatoms. The van der Waals surface area contributed by atoms with Crippen molar-refractivity contribution in [1.29, 1.82) is 0 Å². The van der Waals surface area contributed by atoms with Gasteiger partial charge in [-0.3, -0.25) is 0 Å². The highest BCUT2D eigenvalue weighted by molar-refractivity contribution is 5.25. The number of nitrogens with one attached hydrogen (secondary N) is 1. The van der Waals surface area contributed by atoms with Crippen molar-refractivity contribution >= 4 is 0 Å². The predicted octanol–water partition coefficient (Wildman–Crippen LogP) is 4.52. The molecular weight excluding hydrogens is 230 g/mol. The lowest BCUT2D eigenvalue weighted by Crippen LogP contribution is -2.36. The first kappa shape index (κ1) is 14.6. The van der Waals surface area contributed by atoms with E-state index in [-0.39, 0.29) is 0 Å². The number of hydrogen-bond acceptors (Lipinski definition) is 1. The summed E-state index contributed by atoms with van der Waals surface area (Å²) >= 11 is 0. The Hall–Kier alpha value is -0.820. The molecule has 0 radical (unpaired) electrons. The lowest BCUT2D eigenvalue weighted by Gasteiger charge is -2.24. The van der Waals surface area contributed by atoms with Gasteiger partial charge in [-0.2, -0.15) is 0 Å². The molecule has 106 valence electrons. The van der Waals surface area contributed by atoms with Crippen molar-refractivity contribution in [3.05, 3.63) is 35.4 Å². The van der Waals surface area contributed by atoms with Crippen molar-refractivity contribution in [2.75, 3.05) is 6.54 Å². The normalized spacial score (nSPS) is 18.1. The Labute approximate surface area is 118 Å². The third kappa shape index (κ3) is 4.07. The molecule has 1 nitrogen and oxygen atoms in total. The smallest absolute Gasteiger partial charge is 0.0136 e. The average Bonchev–Trinajstić information content (AvgIpc) is 2.92. The first-order valence-corrected chi connectivity index (χ1v) is 8.03. The summed E-state index contributed by atoms with van der Waals surface area (Å²) in [5, 5.41) is 3.71. The van der Waals surface area contributed by atoms with Gasteiger partial charge in [-0.05, 0) is 48.8 Å². The van der Waals surface area contributed by atoms with Crippen molar-refractivity contribution in [2.45, 2.75) is 64.8 Å². The molecular formula is C18H29N. The van der Waals surface area contributed by atoms with E-state index in [1.807, 2.05) is 0 Å². The molecule has 0 spiro atoms. The van der Waals surface area contributed by atoms with E-state index in [4.69, 9.17) is 0 Å². The van der Waals surface area contributed by atoms with Crippen LogP contribution in [-0.2, 0) is 6.42 Å². The largest absolute Gasteiger partial charge is 0.314 e. The summed E-state index contributed by atoms with van der Waals surface area (Å²) in [6.45, 7) is 7.83. The molecule has 0 saturated heterocycles. The van der Waals surface area contributed by atoms with E-state index < -0.39 is 0 Å². The van der Waals surface area contributed by atoms with Crippen LogP contribution in [0, 0.1) is 5.92 Å². The van der Waals surface area contributed by atoms with Gasteiger partial charge in [0.15, 0.2) is 0 Å². The van der Waals surface area contributed by atoms with Crippen LogP contribution in [0.5, 0.6) is 0 Å². The van der Waals surface area contributed by atoms with Crippen LogP contribution in [0.3, 0.4) is 0 Å². The molecule has 0 aliphatic heterocycles. The fourth-order valence-corrected chi connectivity index (χ4v) is 3.32. The average molecular weight is 259 g/mol. The van der Waals surface area contributed by atoms with E-state index in [2.05, 4.69) is 50.4 Å². The van der Waals surface area contributed by atoms with Crippen LogP contribution in [0.25, 0.3) is 0 Å². The molecule has 1 aliphatic rings. The molecule has 1 fully saturated rings. The summed E-state index contributed by atoms with van der Waals surface area (Å²) < 4.78 is 0. The lowest BCUT2D eigenvalue weighted by atomic mass is 9.91. The maximum absolute atomic E-state index is 3.71. The van der Waals surface area contributed by atoms with Crippen LogP contribution < -0.4 is 5.32 Å². The van der Waals surface area contributed by atoms with Crippen molar-refractivity contribution in [3.8, 4) is 0 Å². The SMILES string of the molecule is CCNC(Cc1ccc(C(C)C)cc1)C1CCCC1. The number of hydrogen-bond donors (Lipinski definition) is 1. The Kier molecular flexibility index (Phi) is 5.45. The van der Waals surface area contributed by atoms with E-state index in [0.29, 0.717) is 12.0 Å². The second kappa shape index (κ2) is 7.09. The molecule has 0 bridgehead atoms. The summed E-state index contributed by atoms with van der Waals surface area (Å²) in [5.41, 5.74) is 2.94. The monoisotopic (exact) mass is 259 g/mol. The molecule has 0 aromatic heterocycles. The first-order valence-electron chi connectivity index (χ1n) is 8.03. The molecule has 1 saturated carbocycles. The molecule has 1 aromatic carbocycles. The summed E-state index contributed by atoms with van der Waals surface area (Å²) in [5.74, 6) is 1.53. The molecule has 0 amide bonds. The number of rotatable bonds is 6. The van der Waals surface area contributed by atoms with Crippen molar-refractivity contribution in [3.63, 3.8) is 0 Å². The van der Waals surface area contributed by atoms with E-state index in [1.54, 1.807) is 0 Å². The Morgan fingerprint density at radius 1 is 1.11 bits per heavy atom. The third-order valence-corrected chi connectivity index (χ3v) is 4.54. The Bertz CT molecular complexity index is 360. The minimum atomic E-state index is 0.633. The van der Waals surface area contributed by atoms with Gasteiger partial charge in [-0.25, -0.2) is 0 Å². The van der Waals surface area contributed by atoms with Gasteiger partial charge in [0.25, 0.3) is 0 Å². The van der Waals surface area contributed by atoms with Crippen molar-refractivity contribution in [1.82, 2.24) is 5.32 Å². The van der Waals surface area contributed by atoms with E-state index in [1.165, 1.54) is 43.2 Å². The van der Waals surface area contributed by atoms with E-state index in [0.717, 1.165) is 12.5 Å². The van der Waals surface area contributed by atoms with Crippen molar-refractivity contribution in [2.24, 2.45) is 5.92 Å². The summed E-state index contributed by atoms with van der Waals surface area (Å²) in [7, 11) is 0. The zero-order valence-electron chi connectivity index (χ0n) is 12.8. The number of benzene rings is 1. The molecule has 2 rings (SSSR count). The predicted molar refractivity (Wildman–Crippen MR) is 83.7 cm³/mol. The Morgan fingerprint density at radius 3 is 2.26 bits per heavy atom. The third-order valence-electron chi connectivity index (χ3n) is 4.54. The highest BCUT2D eigenvalue weighted by atomic mass is 14.9. The first-order chi connectivity index (χ1) is 9.20. The van der Waals surface area contributed by atoms with Crippen LogP contribution in [0.2, 0.25) is 0 Å². The van der Waals surface area contributed by atoms with Crippen LogP contribution in [0.1, 0.15) is 63.5 Å². The van der Waals surface area contributed by atoms with Gasteiger partial charge in [0.2, 0.25) is 0 Å². The molecule has 1 aromatic rings. The zero-order chi connectivity index (χ0) is 13.7. The van der Waals surface area contributed by atoms with Crippen LogP contribution in [0.4, 0.5) is 0 Å². The lowest BCUT2D eigenvalue weighted by molar-refractivity contribution is 0.362. The van der Waals surface area contributed by atoms with Gasteiger partial charge in [0, 0.05) is 6.04 Å². The summed E-state index contributed by atoms with van der Waals surface area (Å²) in [4.78, 5) is 0. The van der Waals surface area contributed by atoms with Crippen molar-refractivity contribution < 1.29 is 0 Å². The molecule has 1 aliphatic carbocycles. The zero-order valence-corrected chi connectivity index (χ0v) is 12.8. The van der Waals surface area contributed by atoms with Gasteiger partial charge in [-0.1, -0.05) is 57.9 Å². The van der Waals surface area contributed by atoms with Gasteiger partial charge in [0.05, 0.1) is 0 Å². The van der Waals surface area contributed by atoms with Gasteiger partial charge < -0.3 is 5.32 Å². The minimum absolute atomic E-state index is 0.633. The van der Waals surface area contributed by atoms with E-state index in [9.17, 15) is 0 Å². The minimum Gasteiger partial charge on any atom is -0.314 e. The molecule has 1 unspecified atom stereocenters. The summed E-state index contributed by atoms with van der Waals surface area (Å²) in [6.07, 6.45) is 6.89. The number of likely N-dealkylation sites (N-methyl/N-ethyl adjacent to an activating group) is 1. The molecule has 1 atom stereocenters. The van der Waals surface area contributed by atoms with Crippen LogP contribution >= 0.6 is 0 Å². The van der Waals surface area contributed by atoms with Crippen LogP contribution in [-0.4, -0.2) is 12.6 Å². The second-order valence-electron chi connectivity index (χ2n) is 6.31. The van der Waals surface area contributed by atoms with Gasteiger partial charge >= 0.3 is 0 Å². The topological polar surface area (TPSA) is 12.0 Å². The maximum Gasteiger partial charge on any atom is 0.0136 e. The molecule has 0 heterocycles. The van der Waals surface area contributed by atoms with Gasteiger partial charge in [0.1, 0.15) is 0 Å². The van der Waals surface area contributed by atoms with Gasteiger partial charge in [-0.15, -0.1) is 0 Å². The fourth-order valence-electron chi connectivity index (χ4n) is 3.32. The fraction of sp³-hybridized carbons (Fsp3) is 0.667. The van der Waals surface area contributed by atoms with Crippen LogP contribution in [0.15, 0.2) is 24.3 Å². The highest BCUT2D eigenvalue weighted by Gasteiger charge is 2.24. The van der Waals surface area contributed by atoms with E-state index >= 15 is 0 Å². The molecule has 1 N–H and O–H groups in total. The Balaban J connectivity index is 1.99. The molecule has 19 heavy (non-hydrogen) atoms. The Morgan fingerprint density at radius 2 is 1.74 bits per heavy atom. The summed E-state index contributed by atoms with van der Waals surface area (Å²) in [6, 6.07) is 9.94.